The number of rotatable bonds is 6. The van der Waals surface area contributed by atoms with Gasteiger partial charge in [0.1, 0.15) is 6.23 Å². The first-order valence-corrected chi connectivity index (χ1v) is 8.76. The lowest BCUT2D eigenvalue weighted by Gasteiger charge is -2.15. The van der Waals surface area contributed by atoms with Crippen molar-refractivity contribution in [2.75, 3.05) is 33.3 Å². The monoisotopic (exact) mass is 387 g/mol. The lowest BCUT2D eigenvalue weighted by molar-refractivity contribution is 0.0592. The maximum atomic E-state index is 10.0. The van der Waals surface area contributed by atoms with Crippen LogP contribution < -0.4 is 19.5 Å². The van der Waals surface area contributed by atoms with Gasteiger partial charge in [-0.2, -0.15) is 9.97 Å². The van der Waals surface area contributed by atoms with Crippen molar-refractivity contribution in [2.24, 2.45) is 0 Å². The number of hydrogen-bond donors (Lipinski definition) is 2. The van der Waals surface area contributed by atoms with Crippen LogP contribution in [0.5, 0.6) is 23.3 Å². The molecule has 2 aromatic heterocycles. The number of anilines is 2. The third kappa shape index (κ3) is 3.11. The van der Waals surface area contributed by atoms with Gasteiger partial charge in [0.15, 0.2) is 28.5 Å². The molecule has 2 N–H and O–H groups in total. The molecule has 1 aliphatic rings. The van der Waals surface area contributed by atoms with E-state index in [0.29, 0.717) is 46.5 Å². The van der Waals surface area contributed by atoms with Gasteiger partial charge in [-0.3, -0.25) is 4.57 Å². The second-order valence-electron chi connectivity index (χ2n) is 6.20. The van der Waals surface area contributed by atoms with Crippen molar-refractivity contribution in [3.8, 4) is 23.3 Å². The SMILES string of the molecule is COc1cc(Nc2nc(O)nc3c2ncn3C2CCCO2)cc(OC)c1OC. The minimum atomic E-state index is -0.359. The number of benzene rings is 1. The first kappa shape index (κ1) is 18.1. The zero-order valence-corrected chi connectivity index (χ0v) is 15.8. The van der Waals surface area contributed by atoms with Gasteiger partial charge in [-0.25, -0.2) is 4.98 Å². The highest BCUT2D eigenvalue weighted by atomic mass is 16.5. The summed E-state index contributed by atoms with van der Waals surface area (Å²) < 4.78 is 23.6. The van der Waals surface area contributed by atoms with E-state index in [9.17, 15) is 5.11 Å². The van der Waals surface area contributed by atoms with E-state index in [-0.39, 0.29) is 12.2 Å². The summed E-state index contributed by atoms with van der Waals surface area (Å²) in [5.41, 5.74) is 1.64. The lowest BCUT2D eigenvalue weighted by Crippen LogP contribution is -2.07. The molecular formula is C18H21N5O5. The fourth-order valence-electron chi connectivity index (χ4n) is 3.27. The Bertz CT molecular complexity index is 974. The molecule has 3 heterocycles. The second-order valence-corrected chi connectivity index (χ2v) is 6.20. The first-order chi connectivity index (χ1) is 13.6. The van der Waals surface area contributed by atoms with E-state index >= 15 is 0 Å². The van der Waals surface area contributed by atoms with Gasteiger partial charge in [0, 0.05) is 24.4 Å². The molecule has 1 aliphatic heterocycles. The zero-order valence-electron chi connectivity index (χ0n) is 15.8. The minimum absolute atomic E-state index is 0.145. The predicted octanol–water partition coefficient (Wildman–Crippen LogP) is 2.61. The summed E-state index contributed by atoms with van der Waals surface area (Å²) in [5, 5.41) is 13.2. The highest BCUT2D eigenvalue weighted by Gasteiger charge is 2.23. The molecule has 1 unspecified atom stereocenters. The Hall–Kier alpha value is -3.27. The Balaban J connectivity index is 1.76. The van der Waals surface area contributed by atoms with Crippen molar-refractivity contribution >= 4 is 22.7 Å². The Morgan fingerprint density at radius 3 is 2.50 bits per heavy atom. The van der Waals surface area contributed by atoms with Crippen molar-refractivity contribution in [2.45, 2.75) is 19.1 Å². The van der Waals surface area contributed by atoms with Crippen LogP contribution in [-0.4, -0.2) is 52.6 Å². The number of aromatic hydroxyl groups is 1. The van der Waals surface area contributed by atoms with Gasteiger partial charge < -0.3 is 29.4 Å². The lowest BCUT2D eigenvalue weighted by atomic mass is 10.2. The maximum absolute atomic E-state index is 10.0. The highest BCUT2D eigenvalue weighted by molar-refractivity contribution is 5.86. The molecule has 1 fully saturated rings. The summed E-state index contributed by atoms with van der Waals surface area (Å²) in [7, 11) is 4.62. The van der Waals surface area contributed by atoms with Gasteiger partial charge >= 0.3 is 6.01 Å². The molecule has 0 saturated carbocycles. The van der Waals surface area contributed by atoms with Crippen LogP contribution in [0.25, 0.3) is 11.2 Å². The van der Waals surface area contributed by atoms with Crippen LogP contribution in [0.3, 0.4) is 0 Å². The standard InChI is InChI=1S/C18H21N5O5/c1-25-11-7-10(8-12(26-2)15(11)27-3)20-16-14-17(22-18(24)21-16)23(9-19-14)13-5-4-6-28-13/h7-9,13H,4-6H2,1-3H3,(H2,20,21,22,24). The molecule has 0 radical (unpaired) electrons. The zero-order chi connectivity index (χ0) is 19.7. The fourth-order valence-corrected chi connectivity index (χ4v) is 3.27. The van der Waals surface area contributed by atoms with Gasteiger partial charge in [-0.05, 0) is 12.8 Å². The summed E-state index contributed by atoms with van der Waals surface area (Å²) in [4.78, 5) is 12.6. The van der Waals surface area contributed by atoms with Crippen LogP contribution >= 0.6 is 0 Å². The largest absolute Gasteiger partial charge is 0.493 e. The Morgan fingerprint density at radius 1 is 1.14 bits per heavy atom. The normalized spacial score (nSPS) is 16.3. The first-order valence-electron chi connectivity index (χ1n) is 8.76. The van der Waals surface area contributed by atoms with E-state index in [0.717, 1.165) is 12.8 Å². The third-order valence-electron chi connectivity index (χ3n) is 4.55. The van der Waals surface area contributed by atoms with Crippen molar-refractivity contribution in [1.82, 2.24) is 19.5 Å². The van der Waals surface area contributed by atoms with E-state index in [1.165, 1.54) is 7.11 Å². The van der Waals surface area contributed by atoms with E-state index in [1.54, 1.807) is 32.7 Å². The van der Waals surface area contributed by atoms with Gasteiger partial charge in [-0.1, -0.05) is 0 Å². The second kappa shape index (κ2) is 7.39. The molecule has 10 heteroatoms. The fraction of sp³-hybridized carbons (Fsp3) is 0.389. The van der Waals surface area contributed by atoms with Crippen molar-refractivity contribution in [1.29, 1.82) is 0 Å². The van der Waals surface area contributed by atoms with E-state index in [4.69, 9.17) is 18.9 Å². The minimum Gasteiger partial charge on any atom is -0.493 e. The Morgan fingerprint density at radius 2 is 1.89 bits per heavy atom. The molecule has 0 spiro atoms. The molecule has 1 atom stereocenters. The average Bonchev–Trinajstić information content (AvgIpc) is 3.36. The van der Waals surface area contributed by atoms with Crippen LogP contribution in [0.1, 0.15) is 19.1 Å². The van der Waals surface area contributed by atoms with E-state index < -0.39 is 0 Å². The van der Waals surface area contributed by atoms with Crippen LogP contribution in [0.15, 0.2) is 18.5 Å². The smallest absolute Gasteiger partial charge is 0.318 e. The predicted molar refractivity (Wildman–Crippen MR) is 101 cm³/mol. The van der Waals surface area contributed by atoms with Crippen molar-refractivity contribution in [3.05, 3.63) is 18.5 Å². The summed E-state index contributed by atoms with van der Waals surface area (Å²) in [6, 6.07) is 3.12. The molecule has 0 aliphatic carbocycles. The number of fused-ring (bicyclic) bond motifs is 1. The molecule has 148 valence electrons. The van der Waals surface area contributed by atoms with Gasteiger partial charge in [0.2, 0.25) is 5.75 Å². The molecule has 4 rings (SSSR count). The molecule has 3 aromatic rings. The molecule has 0 bridgehead atoms. The third-order valence-corrected chi connectivity index (χ3v) is 4.55. The maximum Gasteiger partial charge on any atom is 0.318 e. The quantitative estimate of drug-likeness (QED) is 0.659. The number of ether oxygens (including phenoxy) is 4. The molecular weight excluding hydrogens is 366 g/mol. The summed E-state index contributed by atoms with van der Waals surface area (Å²) >= 11 is 0. The summed E-state index contributed by atoms with van der Waals surface area (Å²) in [5.74, 6) is 1.81. The van der Waals surface area contributed by atoms with Crippen molar-refractivity contribution < 1.29 is 24.1 Å². The van der Waals surface area contributed by atoms with E-state index in [1.807, 2.05) is 4.57 Å². The van der Waals surface area contributed by atoms with Crippen molar-refractivity contribution in [3.63, 3.8) is 0 Å². The van der Waals surface area contributed by atoms with Gasteiger partial charge in [0.05, 0.1) is 27.7 Å². The number of methoxy groups -OCH3 is 3. The number of nitrogens with zero attached hydrogens (tertiary/aromatic N) is 4. The summed E-state index contributed by atoms with van der Waals surface area (Å²) in [6.45, 7) is 0.692. The average molecular weight is 387 g/mol. The molecule has 0 amide bonds. The molecule has 1 aromatic carbocycles. The van der Waals surface area contributed by atoms with Gasteiger partial charge in [-0.15, -0.1) is 0 Å². The summed E-state index contributed by atoms with van der Waals surface area (Å²) in [6.07, 6.45) is 3.34. The molecule has 28 heavy (non-hydrogen) atoms. The number of hydrogen-bond acceptors (Lipinski definition) is 9. The molecule has 10 nitrogen and oxygen atoms in total. The van der Waals surface area contributed by atoms with Gasteiger partial charge in [0.25, 0.3) is 0 Å². The molecule has 1 saturated heterocycles. The number of imidazole rings is 1. The number of aromatic nitrogens is 4. The van der Waals surface area contributed by atoms with Crippen LogP contribution in [0, 0.1) is 0 Å². The van der Waals surface area contributed by atoms with Crippen LogP contribution in [0.4, 0.5) is 11.5 Å². The van der Waals surface area contributed by atoms with Crippen LogP contribution in [0.2, 0.25) is 0 Å². The number of nitrogens with one attached hydrogen (secondary N) is 1. The Kier molecular flexibility index (Phi) is 4.78. The Labute approximate surface area is 161 Å². The van der Waals surface area contributed by atoms with E-state index in [2.05, 4.69) is 20.3 Å². The highest BCUT2D eigenvalue weighted by Crippen LogP contribution is 2.41. The van der Waals surface area contributed by atoms with Crippen LogP contribution in [-0.2, 0) is 4.74 Å². The topological polar surface area (TPSA) is 113 Å².